The van der Waals surface area contributed by atoms with Crippen LogP contribution in [0.4, 0.5) is 5.69 Å². The molecule has 2 rings (SSSR count). The summed E-state index contributed by atoms with van der Waals surface area (Å²) in [7, 11) is -3.84. The summed E-state index contributed by atoms with van der Waals surface area (Å²) in [6.45, 7) is 5.64. The van der Waals surface area contributed by atoms with Crippen molar-refractivity contribution in [1.82, 2.24) is 10.2 Å². The number of amides is 2. The molecule has 0 spiro atoms. The summed E-state index contributed by atoms with van der Waals surface area (Å²) in [5.74, 6) is -0.799. The lowest BCUT2D eigenvalue weighted by molar-refractivity contribution is -0.140. The van der Waals surface area contributed by atoms with E-state index in [4.69, 9.17) is 23.2 Å². The first-order chi connectivity index (χ1) is 15.5. The van der Waals surface area contributed by atoms with Crippen LogP contribution >= 0.6 is 23.2 Å². The second kappa shape index (κ2) is 11.7. The van der Waals surface area contributed by atoms with Crippen LogP contribution in [0.15, 0.2) is 42.5 Å². The molecule has 180 valence electrons. The molecule has 0 radical (unpaired) electrons. The molecular weight excluding hydrogens is 485 g/mol. The first-order valence-corrected chi connectivity index (χ1v) is 13.1. The second-order valence-electron chi connectivity index (χ2n) is 7.70. The van der Waals surface area contributed by atoms with Gasteiger partial charge in [0.1, 0.15) is 12.6 Å². The van der Waals surface area contributed by atoms with E-state index >= 15 is 0 Å². The number of aryl methyl sites for hydroxylation is 1. The molecule has 0 saturated carbocycles. The van der Waals surface area contributed by atoms with Crippen molar-refractivity contribution >= 4 is 50.7 Å². The summed E-state index contributed by atoms with van der Waals surface area (Å²) in [4.78, 5) is 27.7. The predicted molar refractivity (Wildman–Crippen MR) is 133 cm³/mol. The number of hydrogen-bond donors (Lipinski definition) is 1. The zero-order valence-corrected chi connectivity index (χ0v) is 21.5. The average Bonchev–Trinajstić information content (AvgIpc) is 2.73. The van der Waals surface area contributed by atoms with Gasteiger partial charge in [-0.05, 0) is 44.0 Å². The van der Waals surface area contributed by atoms with Crippen molar-refractivity contribution < 1.29 is 18.0 Å². The van der Waals surface area contributed by atoms with Crippen molar-refractivity contribution in [2.24, 2.45) is 0 Å². The monoisotopic (exact) mass is 513 g/mol. The van der Waals surface area contributed by atoms with E-state index in [2.05, 4.69) is 5.32 Å². The van der Waals surface area contributed by atoms with E-state index in [-0.39, 0.29) is 28.2 Å². The average molecular weight is 514 g/mol. The molecular formula is C23H29Cl2N3O4S. The lowest BCUT2D eigenvalue weighted by Gasteiger charge is -2.33. The first-order valence-electron chi connectivity index (χ1n) is 10.5. The Hall–Kier alpha value is -2.29. The van der Waals surface area contributed by atoms with Gasteiger partial charge in [-0.3, -0.25) is 13.9 Å². The van der Waals surface area contributed by atoms with Crippen molar-refractivity contribution in [2.45, 2.75) is 39.8 Å². The molecule has 0 fully saturated rings. The van der Waals surface area contributed by atoms with Gasteiger partial charge in [0.25, 0.3) is 0 Å². The lowest BCUT2D eigenvalue weighted by atomic mass is 10.1. The molecule has 0 unspecified atom stereocenters. The Morgan fingerprint density at radius 3 is 2.30 bits per heavy atom. The summed E-state index contributed by atoms with van der Waals surface area (Å²) in [5, 5.41) is 3.20. The number of nitrogens with one attached hydrogen (secondary N) is 1. The predicted octanol–water partition coefficient (Wildman–Crippen LogP) is 4.01. The van der Waals surface area contributed by atoms with Crippen LogP contribution < -0.4 is 9.62 Å². The lowest BCUT2D eigenvalue weighted by Crippen LogP contribution is -2.52. The van der Waals surface area contributed by atoms with Gasteiger partial charge in [-0.2, -0.15) is 0 Å². The molecule has 2 aromatic rings. The number of carbonyl (C=O) groups is 2. The van der Waals surface area contributed by atoms with Gasteiger partial charge in [0.2, 0.25) is 21.8 Å². The van der Waals surface area contributed by atoms with Crippen LogP contribution in [0, 0.1) is 6.92 Å². The van der Waals surface area contributed by atoms with Gasteiger partial charge in [0.05, 0.1) is 22.0 Å². The van der Waals surface area contributed by atoms with Crippen LogP contribution in [0.25, 0.3) is 0 Å². The van der Waals surface area contributed by atoms with Crippen LogP contribution in [0.2, 0.25) is 10.0 Å². The number of anilines is 1. The van der Waals surface area contributed by atoms with Crippen LogP contribution in [-0.2, 0) is 26.2 Å². The fourth-order valence-electron chi connectivity index (χ4n) is 3.47. The maximum absolute atomic E-state index is 13.5. The first kappa shape index (κ1) is 27.0. The summed E-state index contributed by atoms with van der Waals surface area (Å²) < 4.78 is 26.1. The van der Waals surface area contributed by atoms with E-state index in [1.807, 2.05) is 38.1 Å². The molecule has 2 amide bonds. The smallest absolute Gasteiger partial charge is 0.244 e. The van der Waals surface area contributed by atoms with Gasteiger partial charge in [0, 0.05) is 13.1 Å². The number of nitrogens with zero attached hydrogens (tertiary/aromatic N) is 2. The third-order valence-electron chi connectivity index (χ3n) is 5.04. The van der Waals surface area contributed by atoms with E-state index in [9.17, 15) is 18.0 Å². The standard InChI is InChI=1S/C23H29Cl2N3O4S/c1-5-21(23(30)26-6-2)27(14-17-9-7-8-16(3)12-17)22(29)15-28(33(4,31)32)18-10-11-19(24)20(25)13-18/h7-13,21H,5-6,14-15H2,1-4H3,(H,26,30)/t21-/m0/s1. The Morgan fingerprint density at radius 2 is 1.76 bits per heavy atom. The Bertz CT molecular complexity index is 1110. The van der Waals surface area contributed by atoms with E-state index in [0.717, 1.165) is 21.7 Å². The van der Waals surface area contributed by atoms with Crippen LogP contribution in [0.5, 0.6) is 0 Å². The Morgan fingerprint density at radius 1 is 1.06 bits per heavy atom. The molecule has 0 bridgehead atoms. The zero-order chi connectivity index (χ0) is 24.8. The van der Waals surface area contributed by atoms with Gasteiger partial charge < -0.3 is 10.2 Å². The van der Waals surface area contributed by atoms with Gasteiger partial charge in [-0.1, -0.05) is 60.0 Å². The number of hydrogen-bond acceptors (Lipinski definition) is 4. The molecule has 10 heteroatoms. The molecule has 0 heterocycles. The topological polar surface area (TPSA) is 86.8 Å². The number of benzene rings is 2. The highest BCUT2D eigenvalue weighted by molar-refractivity contribution is 7.92. The minimum atomic E-state index is -3.84. The maximum Gasteiger partial charge on any atom is 0.244 e. The van der Waals surface area contributed by atoms with Gasteiger partial charge in [0.15, 0.2) is 0 Å². The van der Waals surface area contributed by atoms with Crippen LogP contribution in [0.1, 0.15) is 31.4 Å². The van der Waals surface area contributed by atoms with Crippen molar-refractivity contribution in [1.29, 1.82) is 0 Å². The van der Waals surface area contributed by atoms with E-state index in [1.165, 1.54) is 23.1 Å². The van der Waals surface area contributed by atoms with Crippen molar-refractivity contribution in [3.63, 3.8) is 0 Å². The molecule has 33 heavy (non-hydrogen) atoms. The normalized spacial score (nSPS) is 12.2. The molecule has 0 saturated heterocycles. The van der Waals surface area contributed by atoms with Crippen LogP contribution in [-0.4, -0.2) is 50.5 Å². The molecule has 1 atom stereocenters. The fraction of sp³-hybridized carbons (Fsp3) is 0.391. The van der Waals surface area contributed by atoms with E-state index < -0.39 is 28.5 Å². The third kappa shape index (κ3) is 7.35. The minimum absolute atomic E-state index is 0.162. The quantitative estimate of drug-likeness (QED) is 0.519. The second-order valence-corrected chi connectivity index (χ2v) is 10.4. The Labute approximate surface area is 205 Å². The van der Waals surface area contributed by atoms with Crippen molar-refractivity contribution in [3.8, 4) is 0 Å². The molecule has 7 nitrogen and oxygen atoms in total. The molecule has 0 aliphatic heterocycles. The molecule has 1 N–H and O–H groups in total. The highest BCUT2D eigenvalue weighted by Gasteiger charge is 2.31. The largest absolute Gasteiger partial charge is 0.355 e. The fourth-order valence-corrected chi connectivity index (χ4v) is 4.61. The number of likely N-dealkylation sites (N-methyl/N-ethyl adjacent to an activating group) is 1. The number of sulfonamides is 1. The van der Waals surface area contributed by atoms with Crippen molar-refractivity contribution in [3.05, 3.63) is 63.6 Å². The summed E-state index contributed by atoms with van der Waals surface area (Å²) in [6, 6.07) is 11.2. The highest BCUT2D eigenvalue weighted by Crippen LogP contribution is 2.28. The Balaban J connectivity index is 2.45. The minimum Gasteiger partial charge on any atom is -0.355 e. The molecule has 2 aromatic carbocycles. The zero-order valence-electron chi connectivity index (χ0n) is 19.1. The number of carbonyl (C=O) groups excluding carboxylic acids is 2. The van der Waals surface area contributed by atoms with Crippen LogP contribution in [0.3, 0.4) is 0 Å². The SMILES string of the molecule is CCNC(=O)[C@H](CC)N(Cc1cccc(C)c1)C(=O)CN(c1ccc(Cl)c(Cl)c1)S(C)(=O)=O. The highest BCUT2D eigenvalue weighted by atomic mass is 35.5. The Kier molecular flexibility index (Phi) is 9.57. The van der Waals surface area contributed by atoms with Gasteiger partial charge in [-0.15, -0.1) is 0 Å². The summed E-state index contributed by atoms with van der Waals surface area (Å²) in [6.07, 6.45) is 1.38. The van der Waals surface area contributed by atoms with Gasteiger partial charge >= 0.3 is 0 Å². The third-order valence-corrected chi connectivity index (χ3v) is 6.92. The molecule has 0 aliphatic carbocycles. The molecule has 0 aliphatic rings. The summed E-state index contributed by atoms with van der Waals surface area (Å²) >= 11 is 12.0. The number of halogens is 2. The van der Waals surface area contributed by atoms with E-state index in [1.54, 1.807) is 6.92 Å². The summed E-state index contributed by atoms with van der Waals surface area (Å²) in [5.41, 5.74) is 2.06. The number of rotatable bonds is 10. The molecule has 0 aromatic heterocycles. The maximum atomic E-state index is 13.5. The van der Waals surface area contributed by atoms with E-state index in [0.29, 0.717) is 13.0 Å². The van der Waals surface area contributed by atoms with Gasteiger partial charge in [-0.25, -0.2) is 8.42 Å². The van der Waals surface area contributed by atoms with Crippen molar-refractivity contribution in [2.75, 3.05) is 23.7 Å².